The van der Waals surface area contributed by atoms with Gasteiger partial charge < -0.3 is 14.4 Å². The van der Waals surface area contributed by atoms with Crippen LogP contribution in [0.2, 0.25) is 0 Å². The van der Waals surface area contributed by atoms with Crippen molar-refractivity contribution in [3.8, 4) is 34.1 Å². The smallest absolute Gasteiger partial charge is 0.260 e. The Morgan fingerprint density at radius 1 is 0.527 bits per heavy atom. The van der Waals surface area contributed by atoms with Crippen LogP contribution in [0.25, 0.3) is 11.1 Å². The molecule has 0 amide bonds. The van der Waals surface area contributed by atoms with Crippen LogP contribution in [-0.4, -0.2) is 6.71 Å². The lowest BCUT2D eigenvalue weighted by atomic mass is 9.34. The number of hydrogen-bond acceptors (Lipinski definition) is 3. The fraction of sp³-hybridized carbons (Fsp3) is 0.294. The van der Waals surface area contributed by atoms with E-state index in [0.29, 0.717) is 0 Å². The van der Waals surface area contributed by atoms with Crippen molar-refractivity contribution < 1.29 is 9.47 Å². The average Bonchev–Trinajstić information content (AvgIpc) is 3.38. The first-order valence-corrected chi connectivity index (χ1v) is 19.9. The average molecular weight is 722 g/mol. The van der Waals surface area contributed by atoms with Crippen LogP contribution in [0.1, 0.15) is 104 Å². The summed E-state index contributed by atoms with van der Waals surface area (Å²) in [6, 6.07) is 42.9. The van der Waals surface area contributed by atoms with Gasteiger partial charge in [0.05, 0.1) is 5.69 Å². The highest BCUT2D eigenvalue weighted by atomic mass is 16.5. The number of anilines is 3. The van der Waals surface area contributed by atoms with Crippen molar-refractivity contribution in [2.75, 3.05) is 4.90 Å². The van der Waals surface area contributed by atoms with Gasteiger partial charge in [-0.1, -0.05) is 143 Å². The van der Waals surface area contributed by atoms with Crippen molar-refractivity contribution in [2.24, 2.45) is 0 Å². The summed E-state index contributed by atoms with van der Waals surface area (Å²) < 4.78 is 13.9. The number of hydrogen-bond donors (Lipinski definition) is 0. The molecule has 3 nitrogen and oxygen atoms in total. The molecule has 0 radical (unpaired) electrons. The summed E-state index contributed by atoms with van der Waals surface area (Å²) in [6.45, 7) is 25.2. The Hall–Kier alpha value is -5.22. The molecule has 0 unspecified atom stereocenters. The van der Waals surface area contributed by atoms with Crippen LogP contribution in [0.5, 0.6) is 23.0 Å². The van der Waals surface area contributed by atoms with Crippen LogP contribution in [0.15, 0.2) is 115 Å². The first-order chi connectivity index (χ1) is 25.9. The molecule has 0 aromatic heterocycles. The fourth-order valence-corrected chi connectivity index (χ4v) is 9.12. The fourth-order valence-electron chi connectivity index (χ4n) is 9.12. The third-order valence-corrected chi connectivity index (χ3v) is 12.3. The van der Waals surface area contributed by atoms with Gasteiger partial charge in [-0.15, -0.1) is 0 Å². The summed E-state index contributed by atoms with van der Waals surface area (Å²) in [6.07, 6.45) is 0. The Bertz CT molecular complexity index is 2450. The maximum Gasteiger partial charge on any atom is 0.260 e. The van der Waals surface area contributed by atoms with E-state index in [0.717, 1.165) is 39.8 Å². The number of ether oxygens (including phenoxy) is 2. The van der Waals surface area contributed by atoms with Crippen molar-refractivity contribution in [3.05, 3.63) is 143 Å². The van der Waals surface area contributed by atoms with Crippen molar-refractivity contribution >= 4 is 40.2 Å². The van der Waals surface area contributed by atoms with E-state index in [4.69, 9.17) is 9.47 Å². The summed E-state index contributed by atoms with van der Waals surface area (Å²) in [4.78, 5) is 2.50. The topological polar surface area (TPSA) is 21.7 Å². The third kappa shape index (κ3) is 5.54. The zero-order valence-electron chi connectivity index (χ0n) is 34.3. The monoisotopic (exact) mass is 721 g/mol. The standard InChI is InChI=1S/C51H52BNO2/c1-48(2,3)31-19-24-34(25-20-31)53(35-26-21-32(22-27-35)49(4,5)6)40-30-39-47(44-36-15-12-13-16-37(36)51(10,11)45(40)44)55-43-18-14-17-42-46(43)52(39)38-29-33(50(7,8)9)23-28-41(38)54-42/h12-30H,1-11H3. The minimum atomic E-state index is -0.302. The molecule has 0 fully saturated rings. The van der Waals surface area contributed by atoms with E-state index in [1.165, 1.54) is 55.6 Å². The lowest BCUT2D eigenvalue weighted by Crippen LogP contribution is -2.57. The second kappa shape index (κ2) is 11.9. The van der Waals surface area contributed by atoms with Gasteiger partial charge in [0, 0.05) is 27.8 Å². The lowest BCUT2D eigenvalue weighted by molar-refractivity contribution is 0.464. The van der Waals surface area contributed by atoms with Crippen LogP contribution >= 0.6 is 0 Å². The summed E-state index contributed by atoms with van der Waals surface area (Å²) >= 11 is 0. The van der Waals surface area contributed by atoms with Crippen molar-refractivity contribution in [1.82, 2.24) is 0 Å². The maximum atomic E-state index is 7.18. The van der Waals surface area contributed by atoms with Gasteiger partial charge in [-0.2, -0.15) is 0 Å². The summed E-state index contributed by atoms with van der Waals surface area (Å²) in [5.74, 6) is 3.59. The van der Waals surface area contributed by atoms with Gasteiger partial charge in [-0.25, -0.2) is 0 Å². The molecule has 0 spiro atoms. The molecule has 0 saturated heterocycles. The molecule has 0 N–H and O–H groups in total. The minimum absolute atomic E-state index is 0.0237. The number of benzene rings is 6. The van der Waals surface area contributed by atoms with Crippen LogP contribution in [0.3, 0.4) is 0 Å². The Balaban J connectivity index is 1.38. The molecule has 6 aromatic rings. The van der Waals surface area contributed by atoms with Gasteiger partial charge in [0.2, 0.25) is 0 Å². The van der Waals surface area contributed by atoms with Gasteiger partial charge >= 0.3 is 0 Å². The molecule has 6 aromatic carbocycles. The van der Waals surface area contributed by atoms with Crippen molar-refractivity contribution in [2.45, 2.75) is 97.8 Å². The van der Waals surface area contributed by atoms with Crippen LogP contribution in [-0.2, 0) is 21.7 Å². The van der Waals surface area contributed by atoms with Gasteiger partial charge in [-0.05, 0) is 109 Å². The molecule has 2 aliphatic heterocycles. The van der Waals surface area contributed by atoms with E-state index in [-0.39, 0.29) is 28.4 Å². The van der Waals surface area contributed by atoms with E-state index in [9.17, 15) is 0 Å². The van der Waals surface area contributed by atoms with E-state index in [1.807, 2.05) is 0 Å². The highest BCUT2D eigenvalue weighted by Crippen LogP contribution is 2.58. The highest BCUT2D eigenvalue weighted by molar-refractivity contribution is 6.98. The third-order valence-electron chi connectivity index (χ3n) is 12.3. The Kier molecular flexibility index (Phi) is 7.67. The van der Waals surface area contributed by atoms with Crippen molar-refractivity contribution in [1.29, 1.82) is 0 Å². The number of nitrogens with zero attached hydrogens (tertiary/aromatic N) is 1. The van der Waals surface area contributed by atoms with Gasteiger partial charge in [0.1, 0.15) is 23.0 Å². The normalized spacial score (nSPS) is 14.9. The Morgan fingerprint density at radius 2 is 1.07 bits per heavy atom. The molecule has 2 heterocycles. The van der Waals surface area contributed by atoms with E-state index in [2.05, 4.69) is 196 Å². The number of rotatable bonds is 3. The first-order valence-electron chi connectivity index (χ1n) is 19.9. The molecule has 0 atom stereocenters. The quantitative estimate of drug-likeness (QED) is 0.170. The van der Waals surface area contributed by atoms with Crippen molar-refractivity contribution in [3.63, 3.8) is 0 Å². The highest BCUT2D eigenvalue weighted by Gasteiger charge is 2.47. The zero-order valence-corrected chi connectivity index (χ0v) is 34.3. The molecule has 9 rings (SSSR count). The maximum absolute atomic E-state index is 7.18. The van der Waals surface area contributed by atoms with Crippen LogP contribution in [0, 0.1) is 0 Å². The van der Waals surface area contributed by atoms with Gasteiger partial charge in [-0.3, -0.25) is 0 Å². The molecular formula is C51H52BNO2. The molecule has 0 saturated carbocycles. The summed E-state index contributed by atoms with van der Waals surface area (Å²) in [7, 11) is 0. The first kappa shape index (κ1) is 35.5. The summed E-state index contributed by atoms with van der Waals surface area (Å²) in [5, 5.41) is 0. The summed E-state index contributed by atoms with van der Waals surface area (Å²) in [5.41, 5.74) is 15.6. The second-order valence-electron chi connectivity index (χ2n) is 19.5. The van der Waals surface area contributed by atoms with Gasteiger partial charge in [0.15, 0.2) is 0 Å². The predicted octanol–water partition coefficient (Wildman–Crippen LogP) is 12.1. The van der Waals surface area contributed by atoms with Crippen LogP contribution < -0.4 is 30.8 Å². The largest absolute Gasteiger partial charge is 0.458 e. The molecule has 276 valence electrons. The molecule has 55 heavy (non-hydrogen) atoms. The molecule has 3 aliphatic rings. The second-order valence-corrected chi connectivity index (χ2v) is 19.5. The zero-order chi connectivity index (χ0) is 38.8. The molecule has 4 heteroatoms. The van der Waals surface area contributed by atoms with E-state index < -0.39 is 0 Å². The SMILES string of the molecule is CC(C)(C)c1ccc(N(c2ccc(C(C)(C)C)cc2)c2cc3c(c4c2C(C)(C)c2ccccc2-4)Oc2cccc4c2B3c2cc(C(C)(C)C)ccc2O4)cc1. The van der Waals surface area contributed by atoms with E-state index >= 15 is 0 Å². The molecule has 0 bridgehead atoms. The Labute approximate surface area is 328 Å². The van der Waals surface area contributed by atoms with Gasteiger partial charge in [0.25, 0.3) is 6.71 Å². The molecule has 1 aliphatic carbocycles. The Morgan fingerprint density at radius 3 is 1.65 bits per heavy atom. The minimum Gasteiger partial charge on any atom is -0.458 e. The van der Waals surface area contributed by atoms with Crippen LogP contribution in [0.4, 0.5) is 17.1 Å². The molecular weight excluding hydrogens is 669 g/mol. The number of fused-ring (bicyclic) bond motifs is 8. The van der Waals surface area contributed by atoms with E-state index in [1.54, 1.807) is 0 Å². The lowest BCUT2D eigenvalue weighted by Gasteiger charge is -2.38. The predicted molar refractivity (Wildman–Crippen MR) is 232 cm³/mol.